The molecule has 1 unspecified atom stereocenters. The molecule has 1 fully saturated rings. The number of nitrogens with zero attached hydrogens (tertiary/aromatic N) is 2. The van der Waals surface area contributed by atoms with Gasteiger partial charge in [-0.3, -0.25) is 4.79 Å². The Hall–Kier alpha value is -2.87. The molecule has 0 bridgehead atoms. The third-order valence-electron chi connectivity index (χ3n) is 5.86. The summed E-state index contributed by atoms with van der Waals surface area (Å²) in [6.45, 7) is 4.78. The second-order valence-corrected chi connectivity index (χ2v) is 9.14. The van der Waals surface area contributed by atoms with Gasteiger partial charge in [0.05, 0.1) is 11.3 Å². The lowest BCUT2D eigenvalue weighted by Crippen LogP contribution is -2.39. The SMILES string of the molecule is Cc1ccc(C2CCCN(C(=O)c3sc(-c4ccc(C(F)(F)F)cc4)nc3C)C2)cc1O. The number of amides is 1. The maximum atomic E-state index is 13.2. The van der Waals surface area contributed by atoms with E-state index in [9.17, 15) is 23.1 Å². The molecule has 0 aliphatic carbocycles. The summed E-state index contributed by atoms with van der Waals surface area (Å²) in [4.78, 5) is 20.0. The zero-order chi connectivity index (χ0) is 23.0. The van der Waals surface area contributed by atoms with Crippen LogP contribution in [0.4, 0.5) is 13.2 Å². The van der Waals surface area contributed by atoms with E-state index in [1.54, 1.807) is 13.0 Å². The van der Waals surface area contributed by atoms with Gasteiger partial charge in [-0.2, -0.15) is 13.2 Å². The van der Waals surface area contributed by atoms with Gasteiger partial charge in [0.1, 0.15) is 15.6 Å². The highest BCUT2D eigenvalue weighted by Crippen LogP contribution is 2.35. The Morgan fingerprint density at radius 3 is 2.53 bits per heavy atom. The van der Waals surface area contributed by atoms with Crippen molar-refractivity contribution < 1.29 is 23.1 Å². The molecular formula is C24H23F3N2O2S. The van der Waals surface area contributed by atoms with Crippen LogP contribution >= 0.6 is 11.3 Å². The summed E-state index contributed by atoms with van der Waals surface area (Å²) in [7, 11) is 0. The van der Waals surface area contributed by atoms with Crippen LogP contribution in [0.1, 0.15) is 50.8 Å². The molecule has 1 aliphatic rings. The number of halogens is 3. The average Bonchev–Trinajstić information content (AvgIpc) is 3.16. The van der Waals surface area contributed by atoms with E-state index in [0.29, 0.717) is 34.2 Å². The molecule has 1 amide bonds. The molecular weight excluding hydrogens is 437 g/mol. The number of likely N-dealkylation sites (tertiary alicyclic amines) is 1. The Morgan fingerprint density at radius 2 is 1.88 bits per heavy atom. The number of thiazole rings is 1. The van der Waals surface area contributed by atoms with Gasteiger partial charge in [-0.05, 0) is 56.0 Å². The van der Waals surface area contributed by atoms with Crippen molar-refractivity contribution in [1.82, 2.24) is 9.88 Å². The van der Waals surface area contributed by atoms with Gasteiger partial charge < -0.3 is 10.0 Å². The number of carbonyl (C=O) groups excluding carboxylic acids is 1. The van der Waals surface area contributed by atoms with Gasteiger partial charge in [-0.1, -0.05) is 24.3 Å². The molecule has 2 heterocycles. The average molecular weight is 461 g/mol. The molecule has 1 aliphatic heterocycles. The van der Waals surface area contributed by atoms with Crippen LogP contribution in [0, 0.1) is 13.8 Å². The minimum atomic E-state index is -4.39. The first-order valence-electron chi connectivity index (χ1n) is 10.4. The molecule has 0 saturated carbocycles. The number of carbonyl (C=O) groups is 1. The number of phenolic OH excluding ortho intramolecular Hbond substituents is 1. The van der Waals surface area contributed by atoms with Gasteiger partial charge in [0, 0.05) is 24.6 Å². The highest BCUT2D eigenvalue weighted by Gasteiger charge is 2.31. The maximum absolute atomic E-state index is 13.2. The van der Waals surface area contributed by atoms with Crippen LogP contribution in [0.25, 0.3) is 10.6 Å². The molecule has 3 aromatic rings. The number of alkyl halides is 3. The molecule has 8 heteroatoms. The summed E-state index contributed by atoms with van der Waals surface area (Å²) >= 11 is 1.21. The van der Waals surface area contributed by atoms with E-state index in [0.717, 1.165) is 36.1 Å². The molecule has 1 N–H and O–H groups in total. The predicted molar refractivity (Wildman–Crippen MR) is 118 cm³/mol. The van der Waals surface area contributed by atoms with Gasteiger partial charge in [0.25, 0.3) is 5.91 Å². The Morgan fingerprint density at radius 1 is 1.16 bits per heavy atom. The Labute approximate surface area is 188 Å². The third kappa shape index (κ3) is 4.50. The number of aromatic hydroxyl groups is 1. The minimum Gasteiger partial charge on any atom is -0.508 e. The van der Waals surface area contributed by atoms with Gasteiger partial charge in [0.2, 0.25) is 0 Å². The van der Waals surface area contributed by atoms with E-state index in [4.69, 9.17) is 0 Å². The third-order valence-corrected chi connectivity index (χ3v) is 7.06. The minimum absolute atomic E-state index is 0.112. The largest absolute Gasteiger partial charge is 0.508 e. The van der Waals surface area contributed by atoms with Crippen molar-refractivity contribution in [2.45, 2.75) is 38.8 Å². The fraction of sp³-hybridized carbons (Fsp3) is 0.333. The Kier molecular flexibility index (Phi) is 5.99. The first kappa shape index (κ1) is 22.3. The summed E-state index contributed by atoms with van der Waals surface area (Å²) in [5, 5.41) is 10.6. The van der Waals surface area contributed by atoms with E-state index in [-0.39, 0.29) is 17.6 Å². The second kappa shape index (κ2) is 8.58. The predicted octanol–water partition coefficient (Wildman–Crippen LogP) is 6.17. The summed E-state index contributed by atoms with van der Waals surface area (Å²) in [6.07, 6.45) is -2.60. The van der Waals surface area contributed by atoms with Crippen molar-refractivity contribution in [3.05, 3.63) is 69.7 Å². The molecule has 1 atom stereocenters. The van der Waals surface area contributed by atoms with Gasteiger partial charge >= 0.3 is 6.18 Å². The smallest absolute Gasteiger partial charge is 0.416 e. The van der Waals surface area contributed by atoms with Crippen LogP contribution < -0.4 is 0 Å². The number of piperidine rings is 1. The molecule has 0 spiro atoms. The first-order valence-corrected chi connectivity index (χ1v) is 11.2. The van der Waals surface area contributed by atoms with Crippen molar-refractivity contribution in [3.8, 4) is 16.3 Å². The maximum Gasteiger partial charge on any atom is 0.416 e. The van der Waals surface area contributed by atoms with E-state index in [1.807, 2.05) is 24.0 Å². The Balaban J connectivity index is 1.53. The number of aryl methyl sites for hydroxylation is 2. The summed E-state index contributed by atoms with van der Waals surface area (Å²) < 4.78 is 38.5. The van der Waals surface area contributed by atoms with Crippen LogP contribution in [0.5, 0.6) is 5.75 Å². The quantitative estimate of drug-likeness (QED) is 0.509. The van der Waals surface area contributed by atoms with Crippen molar-refractivity contribution in [2.24, 2.45) is 0 Å². The molecule has 4 rings (SSSR count). The van der Waals surface area contributed by atoms with Crippen molar-refractivity contribution in [2.75, 3.05) is 13.1 Å². The monoisotopic (exact) mass is 460 g/mol. The lowest BCUT2D eigenvalue weighted by Gasteiger charge is -2.33. The number of hydrogen-bond donors (Lipinski definition) is 1. The standard InChI is InChI=1S/C24H23F3N2O2S/c1-14-5-6-17(12-20(14)30)18-4-3-11-29(13-18)23(31)21-15(2)28-22(32-21)16-7-9-19(10-8-16)24(25,26)27/h5-10,12,18,30H,3-4,11,13H2,1-2H3. The van der Waals surface area contributed by atoms with Gasteiger partial charge in [0.15, 0.2) is 0 Å². The van der Waals surface area contributed by atoms with E-state index < -0.39 is 11.7 Å². The topological polar surface area (TPSA) is 53.4 Å². The van der Waals surface area contributed by atoms with E-state index >= 15 is 0 Å². The summed E-state index contributed by atoms with van der Waals surface area (Å²) in [5.74, 6) is 0.284. The molecule has 2 aromatic carbocycles. The van der Waals surface area contributed by atoms with Crippen molar-refractivity contribution >= 4 is 17.2 Å². The van der Waals surface area contributed by atoms with E-state index in [1.165, 1.54) is 23.5 Å². The van der Waals surface area contributed by atoms with Gasteiger partial charge in [-0.25, -0.2) is 4.98 Å². The highest BCUT2D eigenvalue weighted by atomic mass is 32.1. The number of hydrogen-bond acceptors (Lipinski definition) is 4. The summed E-state index contributed by atoms with van der Waals surface area (Å²) in [5.41, 5.74) is 2.24. The van der Waals surface area contributed by atoms with Crippen LogP contribution in [0.15, 0.2) is 42.5 Å². The van der Waals surface area contributed by atoms with E-state index in [2.05, 4.69) is 4.98 Å². The van der Waals surface area contributed by atoms with Gasteiger partial charge in [-0.15, -0.1) is 11.3 Å². The molecule has 1 saturated heterocycles. The van der Waals surface area contributed by atoms with Crippen molar-refractivity contribution in [1.29, 1.82) is 0 Å². The Bertz CT molecular complexity index is 1140. The fourth-order valence-electron chi connectivity index (χ4n) is 3.98. The molecule has 0 radical (unpaired) electrons. The number of phenols is 1. The number of aromatic nitrogens is 1. The molecule has 32 heavy (non-hydrogen) atoms. The molecule has 168 valence electrons. The molecule has 1 aromatic heterocycles. The van der Waals surface area contributed by atoms with Crippen LogP contribution in [0.2, 0.25) is 0 Å². The normalized spacial score (nSPS) is 16.9. The zero-order valence-corrected chi connectivity index (χ0v) is 18.6. The number of rotatable bonds is 3. The fourth-order valence-corrected chi connectivity index (χ4v) is 5.02. The zero-order valence-electron chi connectivity index (χ0n) is 17.7. The number of benzene rings is 2. The van der Waals surface area contributed by atoms with Crippen LogP contribution in [-0.2, 0) is 6.18 Å². The lowest BCUT2D eigenvalue weighted by atomic mass is 9.90. The van der Waals surface area contributed by atoms with Crippen LogP contribution in [0.3, 0.4) is 0 Å². The highest BCUT2D eigenvalue weighted by molar-refractivity contribution is 7.17. The second-order valence-electron chi connectivity index (χ2n) is 8.14. The lowest BCUT2D eigenvalue weighted by molar-refractivity contribution is -0.137. The summed E-state index contributed by atoms with van der Waals surface area (Å²) in [6, 6.07) is 10.5. The van der Waals surface area contributed by atoms with Crippen LogP contribution in [-0.4, -0.2) is 34.0 Å². The molecule has 4 nitrogen and oxygen atoms in total. The van der Waals surface area contributed by atoms with Crippen molar-refractivity contribution in [3.63, 3.8) is 0 Å². The first-order chi connectivity index (χ1) is 15.1.